The van der Waals surface area contributed by atoms with Crippen molar-refractivity contribution in [1.29, 1.82) is 0 Å². The van der Waals surface area contributed by atoms with Crippen LogP contribution in [0, 0.1) is 5.92 Å². The molecule has 108 valence electrons. The van der Waals surface area contributed by atoms with Gasteiger partial charge in [-0.1, -0.05) is 13.8 Å². The Morgan fingerprint density at radius 2 is 2.25 bits per heavy atom. The standard InChI is InChI=1S/C15H23N5/c1-4-5-16-13-10-19-7-6-17-14(19)15(18-13)20-9-11(2)8-12(20)3/h6-7,10-12,16H,4-5,8-9H2,1-3H3. The van der Waals surface area contributed by atoms with Crippen molar-refractivity contribution in [2.75, 3.05) is 23.3 Å². The summed E-state index contributed by atoms with van der Waals surface area (Å²) in [6.07, 6.45) is 8.17. The summed E-state index contributed by atoms with van der Waals surface area (Å²) < 4.78 is 2.07. The van der Waals surface area contributed by atoms with Gasteiger partial charge >= 0.3 is 0 Å². The predicted molar refractivity (Wildman–Crippen MR) is 82.4 cm³/mol. The zero-order valence-electron chi connectivity index (χ0n) is 12.5. The zero-order chi connectivity index (χ0) is 14.1. The Kier molecular flexibility index (Phi) is 3.51. The Morgan fingerprint density at radius 3 is 2.95 bits per heavy atom. The minimum Gasteiger partial charge on any atom is -0.369 e. The van der Waals surface area contributed by atoms with Crippen LogP contribution in [0.2, 0.25) is 0 Å². The summed E-state index contributed by atoms with van der Waals surface area (Å²) in [6.45, 7) is 8.75. The van der Waals surface area contributed by atoms with Crippen LogP contribution in [0.15, 0.2) is 18.6 Å². The molecule has 1 N–H and O–H groups in total. The molecule has 5 heteroatoms. The van der Waals surface area contributed by atoms with Gasteiger partial charge in [0.05, 0.1) is 6.20 Å². The molecule has 1 saturated heterocycles. The molecule has 3 heterocycles. The summed E-state index contributed by atoms with van der Waals surface area (Å²) in [5.41, 5.74) is 0.952. The van der Waals surface area contributed by atoms with Crippen LogP contribution in [0.5, 0.6) is 0 Å². The molecule has 2 aromatic rings. The maximum Gasteiger partial charge on any atom is 0.180 e. The largest absolute Gasteiger partial charge is 0.369 e. The molecule has 20 heavy (non-hydrogen) atoms. The second-order valence-corrected chi connectivity index (χ2v) is 5.88. The monoisotopic (exact) mass is 273 g/mol. The van der Waals surface area contributed by atoms with Gasteiger partial charge in [-0.05, 0) is 25.7 Å². The van der Waals surface area contributed by atoms with Crippen LogP contribution in [0.4, 0.5) is 11.6 Å². The van der Waals surface area contributed by atoms with Crippen LogP contribution < -0.4 is 10.2 Å². The molecule has 0 aliphatic carbocycles. The lowest BCUT2D eigenvalue weighted by Gasteiger charge is -2.23. The molecule has 3 rings (SSSR count). The summed E-state index contributed by atoms with van der Waals surface area (Å²) >= 11 is 0. The first kappa shape index (κ1) is 13.2. The number of nitrogens with zero attached hydrogens (tertiary/aromatic N) is 4. The van der Waals surface area contributed by atoms with Crippen LogP contribution >= 0.6 is 0 Å². The van der Waals surface area contributed by atoms with E-state index in [1.54, 1.807) is 0 Å². The van der Waals surface area contributed by atoms with E-state index in [1.165, 1.54) is 6.42 Å². The Morgan fingerprint density at radius 1 is 1.40 bits per heavy atom. The van der Waals surface area contributed by atoms with E-state index in [-0.39, 0.29) is 0 Å². The first-order chi connectivity index (χ1) is 9.69. The fourth-order valence-corrected chi connectivity index (χ4v) is 3.04. The molecular formula is C15H23N5. The van der Waals surface area contributed by atoms with E-state index in [2.05, 4.69) is 40.4 Å². The van der Waals surface area contributed by atoms with Crippen LogP contribution in [-0.2, 0) is 0 Å². The molecule has 5 nitrogen and oxygen atoms in total. The molecular weight excluding hydrogens is 250 g/mol. The van der Waals surface area contributed by atoms with Crippen molar-refractivity contribution in [2.45, 2.75) is 39.7 Å². The average Bonchev–Trinajstić information content (AvgIpc) is 3.01. The maximum atomic E-state index is 4.81. The van der Waals surface area contributed by atoms with Crippen molar-refractivity contribution in [3.05, 3.63) is 18.6 Å². The van der Waals surface area contributed by atoms with Crippen molar-refractivity contribution in [1.82, 2.24) is 14.4 Å². The minimum atomic E-state index is 0.527. The van der Waals surface area contributed by atoms with Crippen LogP contribution in [0.3, 0.4) is 0 Å². The molecule has 2 unspecified atom stereocenters. The number of fused-ring (bicyclic) bond motifs is 1. The van der Waals surface area contributed by atoms with Gasteiger partial charge in [0.1, 0.15) is 5.82 Å². The summed E-state index contributed by atoms with van der Waals surface area (Å²) in [7, 11) is 0. The highest BCUT2D eigenvalue weighted by Gasteiger charge is 2.29. The molecule has 1 aliphatic rings. The number of hydrogen-bond acceptors (Lipinski definition) is 4. The highest BCUT2D eigenvalue weighted by molar-refractivity contribution is 5.67. The summed E-state index contributed by atoms with van der Waals surface area (Å²) in [4.78, 5) is 11.7. The molecule has 1 fully saturated rings. The lowest BCUT2D eigenvalue weighted by atomic mass is 10.1. The third-order valence-corrected chi connectivity index (χ3v) is 3.97. The maximum absolute atomic E-state index is 4.81. The molecule has 0 bridgehead atoms. The lowest BCUT2D eigenvalue weighted by molar-refractivity contribution is 0.625. The molecule has 0 spiro atoms. The summed E-state index contributed by atoms with van der Waals surface area (Å²) in [6, 6.07) is 0.527. The number of aromatic nitrogens is 3. The van der Waals surface area contributed by atoms with Crippen LogP contribution in [0.1, 0.15) is 33.6 Å². The first-order valence-corrected chi connectivity index (χ1v) is 7.53. The third kappa shape index (κ3) is 2.32. The van der Waals surface area contributed by atoms with E-state index < -0.39 is 0 Å². The summed E-state index contributed by atoms with van der Waals surface area (Å²) in [5.74, 6) is 2.65. The second-order valence-electron chi connectivity index (χ2n) is 5.88. The molecule has 2 aromatic heterocycles. The highest BCUT2D eigenvalue weighted by Crippen LogP contribution is 2.30. The van der Waals surface area contributed by atoms with Gasteiger partial charge in [0.25, 0.3) is 0 Å². The second kappa shape index (κ2) is 5.31. The van der Waals surface area contributed by atoms with E-state index in [4.69, 9.17) is 4.98 Å². The van der Waals surface area contributed by atoms with Crippen molar-refractivity contribution in [2.24, 2.45) is 5.92 Å². The molecule has 1 aliphatic heterocycles. The Bertz CT molecular complexity index is 591. The quantitative estimate of drug-likeness (QED) is 0.930. The van der Waals surface area contributed by atoms with Crippen molar-refractivity contribution < 1.29 is 0 Å². The van der Waals surface area contributed by atoms with E-state index >= 15 is 0 Å². The van der Waals surface area contributed by atoms with E-state index in [9.17, 15) is 0 Å². The van der Waals surface area contributed by atoms with Crippen LogP contribution in [-0.4, -0.2) is 33.5 Å². The Hall–Kier alpha value is -1.78. The molecule has 0 aromatic carbocycles. The van der Waals surface area contributed by atoms with Crippen molar-refractivity contribution >= 4 is 17.3 Å². The number of hydrogen-bond donors (Lipinski definition) is 1. The fraction of sp³-hybridized carbons (Fsp3) is 0.600. The van der Waals surface area contributed by atoms with Gasteiger partial charge in [-0.3, -0.25) is 0 Å². The lowest BCUT2D eigenvalue weighted by Crippen LogP contribution is -2.28. The van der Waals surface area contributed by atoms with Crippen LogP contribution in [0.25, 0.3) is 5.65 Å². The van der Waals surface area contributed by atoms with Gasteiger partial charge in [0, 0.05) is 31.5 Å². The van der Waals surface area contributed by atoms with Gasteiger partial charge in [-0.25, -0.2) is 9.97 Å². The topological polar surface area (TPSA) is 45.5 Å². The number of rotatable bonds is 4. The van der Waals surface area contributed by atoms with E-state index in [1.807, 2.05) is 18.6 Å². The fourth-order valence-electron chi connectivity index (χ4n) is 3.04. The molecule has 0 radical (unpaired) electrons. The van der Waals surface area contributed by atoms with Gasteiger partial charge in [-0.15, -0.1) is 0 Å². The zero-order valence-corrected chi connectivity index (χ0v) is 12.5. The smallest absolute Gasteiger partial charge is 0.180 e. The van der Waals surface area contributed by atoms with E-state index in [0.29, 0.717) is 12.0 Å². The number of anilines is 2. The number of nitrogens with one attached hydrogen (secondary N) is 1. The van der Waals surface area contributed by atoms with Gasteiger partial charge < -0.3 is 14.6 Å². The van der Waals surface area contributed by atoms with Gasteiger partial charge in [0.2, 0.25) is 0 Å². The normalized spacial score (nSPS) is 22.6. The molecule has 2 atom stereocenters. The van der Waals surface area contributed by atoms with Gasteiger partial charge in [0.15, 0.2) is 11.5 Å². The van der Waals surface area contributed by atoms with Gasteiger partial charge in [-0.2, -0.15) is 0 Å². The third-order valence-electron chi connectivity index (χ3n) is 3.97. The summed E-state index contributed by atoms with van der Waals surface area (Å²) in [5, 5.41) is 3.38. The highest BCUT2D eigenvalue weighted by atomic mass is 15.3. The Labute approximate surface area is 120 Å². The molecule has 0 saturated carbocycles. The van der Waals surface area contributed by atoms with Crippen molar-refractivity contribution in [3.8, 4) is 0 Å². The predicted octanol–water partition coefficient (Wildman–Crippen LogP) is 2.79. The minimum absolute atomic E-state index is 0.527. The Balaban J connectivity index is 2.01. The first-order valence-electron chi connectivity index (χ1n) is 7.53. The average molecular weight is 273 g/mol. The SMILES string of the molecule is CCCNc1cn2ccnc2c(N2CC(C)CC2C)n1. The van der Waals surface area contributed by atoms with E-state index in [0.717, 1.165) is 36.8 Å². The molecule has 0 amide bonds. The number of imidazole rings is 1. The van der Waals surface area contributed by atoms with Crippen molar-refractivity contribution in [3.63, 3.8) is 0 Å².